The number of aromatic nitrogens is 3. The van der Waals surface area contributed by atoms with Crippen LogP contribution in [0.25, 0.3) is 32.6 Å². The smallest absolute Gasteiger partial charge is 0.341 e. The number of hydrogen-bond acceptors (Lipinski definition) is 8. The average Bonchev–Trinajstić information content (AvgIpc) is 3.65. The van der Waals surface area contributed by atoms with Crippen molar-refractivity contribution in [2.75, 3.05) is 18.2 Å². The fourth-order valence-corrected chi connectivity index (χ4v) is 6.58. The molecule has 10 heteroatoms. The number of esters is 1. The van der Waals surface area contributed by atoms with Crippen molar-refractivity contribution >= 4 is 61.4 Å². The number of nitrogens with one attached hydrogen (secondary N) is 1. The topological polar surface area (TPSA) is 86.1 Å². The first-order chi connectivity index (χ1) is 18.1. The highest BCUT2D eigenvalue weighted by molar-refractivity contribution is 7.99. The molecule has 0 aliphatic rings. The molecular weight excluding hydrogens is 525 g/mol. The Bertz CT molecular complexity index is 1590. The largest absolute Gasteiger partial charge is 0.465 e. The van der Waals surface area contributed by atoms with Crippen LogP contribution in [-0.4, -0.2) is 39.5 Å². The second-order valence-corrected chi connectivity index (χ2v) is 10.6. The summed E-state index contributed by atoms with van der Waals surface area (Å²) in [5.41, 5.74) is 2.94. The minimum Gasteiger partial charge on any atom is -0.465 e. The van der Waals surface area contributed by atoms with E-state index in [0.29, 0.717) is 22.3 Å². The van der Waals surface area contributed by atoms with Gasteiger partial charge in [0.15, 0.2) is 11.0 Å². The molecule has 186 valence electrons. The van der Waals surface area contributed by atoms with Crippen LogP contribution >= 0.6 is 34.4 Å². The molecule has 0 fully saturated rings. The van der Waals surface area contributed by atoms with Crippen LogP contribution in [0.15, 0.2) is 83.2 Å². The number of methoxy groups -OCH3 is 1. The fraction of sp³-hybridized carbons (Fsp3) is 0.111. The summed E-state index contributed by atoms with van der Waals surface area (Å²) in [6.07, 6.45) is 1.78. The van der Waals surface area contributed by atoms with E-state index in [1.807, 2.05) is 52.4 Å². The highest BCUT2D eigenvalue weighted by Gasteiger charge is 2.23. The second-order valence-electron chi connectivity index (χ2n) is 7.90. The molecule has 5 aromatic rings. The summed E-state index contributed by atoms with van der Waals surface area (Å²) in [5.74, 6) is 0.0754. The minimum atomic E-state index is -0.499. The molecule has 3 heterocycles. The number of carbonyl (C=O) groups excluding carboxylic acids is 2. The molecule has 0 bridgehead atoms. The standard InChI is InChI=1S/C27H22N4O3S3/c1-3-13-31-24(20-15-35-21-12-8-7-11-18(20)21)29-30-27(31)37-16-22(32)28-25-23(26(33)34-2)19(14-36-25)17-9-5-4-6-10-17/h3-12,14-15H,1,13,16H2,2H3,(H,28,32). The van der Waals surface area contributed by atoms with E-state index in [-0.39, 0.29) is 11.7 Å². The monoisotopic (exact) mass is 546 g/mol. The number of benzene rings is 2. The van der Waals surface area contributed by atoms with E-state index < -0.39 is 5.97 Å². The molecule has 0 saturated heterocycles. The van der Waals surface area contributed by atoms with Gasteiger partial charge in [0.05, 0.1) is 12.9 Å². The van der Waals surface area contributed by atoms with E-state index in [1.54, 1.807) is 17.4 Å². The normalized spacial score (nSPS) is 10.9. The third-order valence-corrected chi connectivity index (χ3v) is 8.43. The van der Waals surface area contributed by atoms with Crippen LogP contribution in [0.2, 0.25) is 0 Å². The molecule has 0 spiro atoms. The van der Waals surface area contributed by atoms with Gasteiger partial charge in [0.1, 0.15) is 10.6 Å². The number of thiophene rings is 2. The molecular formula is C27H22N4O3S3. The lowest BCUT2D eigenvalue weighted by Crippen LogP contribution is -2.16. The molecule has 1 amide bonds. The highest BCUT2D eigenvalue weighted by atomic mass is 32.2. The van der Waals surface area contributed by atoms with Gasteiger partial charge in [-0.05, 0) is 11.6 Å². The predicted molar refractivity (Wildman–Crippen MR) is 151 cm³/mol. The van der Waals surface area contributed by atoms with Gasteiger partial charge in [-0.15, -0.1) is 39.4 Å². The Balaban J connectivity index is 1.35. The van der Waals surface area contributed by atoms with Crippen LogP contribution in [-0.2, 0) is 16.1 Å². The zero-order valence-electron chi connectivity index (χ0n) is 19.8. The minimum absolute atomic E-state index is 0.0961. The van der Waals surface area contributed by atoms with Crippen LogP contribution in [0.3, 0.4) is 0 Å². The first-order valence-electron chi connectivity index (χ1n) is 11.3. The summed E-state index contributed by atoms with van der Waals surface area (Å²) in [6.45, 7) is 4.38. The van der Waals surface area contributed by atoms with Gasteiger partial charge in [0.2, 0.25) is 5.91 Å². The number of carbonyl (C=O) groups is 2. The summed E-state index contributed by atoms with van der Waals surface area (Å²) in [5, 5.41) is 17.8. The number of rotatable bonds is 9. The summed E-state index contributed by atoms with van der Waals surface area (Å²) in [6, 6.07) is 17.7. The number of thioether (sulfide) groups is 1. The Morgan fingerprint density at radius 2 is 1.81 bits per heavy atom. The molecule has 0 atom stereocenters. The highest BCUT2D eigenvalue weighted by Crippen LogP contribution is 2.37. The van der Waals surface area contributed by atoms with Crippen molar-refractivity contribution < 1.29 is 14.3 Å². The van der Waals surface area contributed by atoms with Crippen LogP contribution in [0, 0.1) is 0 Å². The Morgan fingerprint density at radius 3 is 2.59 bits per heavy atom. The summed E-state index contributed by atoms with van der Waals surface area (Å²) in [7, 11) is 1.33. The number of fused-ring (bicyclic) bond motifs is 1. The van der Waals surface area contributed by atoms with Gasteiger partial charge in [-0.1, -0.05) is 66.4 Å². The summed E-state index contributed by atoms with van der Waals surface area (Å²) >= 11 is 4.23. The van der Waals surface area contributed by atoms with E-state index >= 15 is 0 Å². The first kappa shape index (κ1) is 24.9. The van der Waals surface area contributed by atoms with Crippen LogP contribution in [0.1, 0.15) is 10.4 Å². The SMILES string of the molecule is C=CCn1c(SCC(=O)Nc2scc(-c3ccccc3)c2C(=O)OC)nnc1-c1csc2ccccc12. The molecule has 3 aromatic heterocycles. The number of allylic oxidation sites excluding steroid dienone is 1. The van der Waals surface area contributed by atoms with E-state index in [9.17, 15) is 9.59 Å². The van der Waals surface area contributed by atoms with Crippen molar-refractivity contribution in [2.45, 2.75) is 11.7 Å². The summed E-state index contributed by atoms with van der Waals surface area (Å²) < 4.78 is 8.13. The van der Waals surface area contributed by atoms with Crippen molar-refractivity contribution in [3.8, 4) is 22.5 Å². The van der Waals surface area contributed by atoms with E-state index in [4.69, 9.17) is 4.74 Å². The molecule has 0 saturated carbocycles. The fourth-order valence-electron chi connectivity index (χ4n) is 3.92. The van der Waals surface area contributed by atoms with Crippen molar-refractivity contribution in [3.63, 3.8) is 0 Å². The lowest BCUT2D eigenvalue weighted by Gasteiger charge is -2.09. The third kappa shape index (κ3) is 5.08. The number of nitrogens with zero attached hydrogens (tertiary/aromatic N) is 3. The molecule has 37 heavy (non-hydrogen) atoms. The van der Waals surface area contributed by atoms with Crippen molar-refractivity contribution in [2.24, 2.45) is 0 Å². The molecule has 1 N–H and O–H groups in total. The molecule has 0 aliphatic carbocycles. The number of amides is 1. The maximum Gasteiger partial charge on any atom is 0.341 e. The second kappa shape index (κ2) is 11.1. The van der Waals surface area contributed by atoms with Gasteiger partial charge < -0.3 is 10.1 Å². The Kier molecular flexibility index (Phi) is 7.50. The maximum absolute atomic E-state index is 12.9. The number of hydrogen-bond donors (Lipinski definition) is 1. The van der Waals surface area contributed by atoms with E-state index in [0.717, 1.165) is 27.9 Å². The molecule has 0 aliphatic heterocycles. The molecule has 0 radical (unpaired) electrons. The molecule has 7 nitrogen and oxygen atoms in total. The van der Waals surface area contributed by atoms with Gasteiger partial charge >= 0.3 is 5.97 Å². The predicted octanol–water partition coefficient (Wildman–Crippen LogP) is 6.59. The van der Waals surface area contributed by atoms with Crippen molar-refractivity contribution in [1.29, 1.82) is 0 Å². The number of ether oxygens (including phenoxy) is 1. The zero-order chi connectivity index (χ0) is 25.8. The maximum atomic E-state index is 12.9. The lowest BCUT2D eigenvalue weighted by atomic mass is 10.0. The van der Waals surface area contributed by atoms with Gasteiger partial charge in [0, 0.05) is 38.5 Å². The van der Waals surface area contributed by atoms with Crippen LogP contribution in [0.5, 0.6) is 0 Å². The molecule has 5 rings (SSSR count). The van der Waals surface area contributed by atoms with Gasteiger partial charge in [0.25, 0.3) is 0 Å². The van der Waals surface area contributed by atoms with Gasteiger partial charge in [-0.3, -0.25) is 9.36 Å². The average molecular weight is 547 g/mol. The summed E-state index contributed by atoms with van der Waals surface area (Å²) in [4.78, 5) is 25.5. The molecule has 2 aromatic carbocycles. The lowest BCUT2D eigenvalue weighted by molar-refractivity contribution is -0.113. The van der Waals surface area contributed by atoms with Crippen molar-refractivity contribution in [1.82, 2.24) is 14.8 Å². The van der Waals surface area contributed by atoms with Crippen LogP contribution in [0.4, 0.5) is 5.00 Å². The van der Waals surface area contributed by atoms with Crippen LogP contribution < -0.4 is 5.32 Å². The third-order valence-electron chi connectivity index (χ3n) is 5.60. The Labute approximate surface area is 225 Å². The van der Waals surface area contributed by atoms with E-state index in [2.05, 4.69) is 39.6 Å². The number of anilines is 1. The quantitative estimate of drug-likeness (QED) is 0.127. The first-order valence-corrected chi connectivity index (χ1v) is 14.0. The Hall–Kier alpha value is -3.73. The van der Waals surface area contributed by atoms with Crippen molar-refractivity contribution in [3.05, 3.63) is 83.6 Å². The zero-order valence-corrected chi connectivity index (χ0v) is 22.3. The molecule has 0 unspecified atom stereocenters. The van der Waals surface area contributed by atoms with Gasteiger partial charge in [-0.2, -0.15) is 0 Å². The van der Waals surface area contributed by atoms with E-state index in [1.165, 1.54) is 34.9 Å². The Morgan fingerprint density at radius 1 is 1.05 bits per heavy atom. The van der Waals surface area contributed by atoms with Gasteiger partial charge in [-0.25, -0.2) is 4.79 Å².